The van der Waals surface area contributed by atoms with Crippen LogP contribution in [0.1, 0.15) is 0 Å². The van der Waals surface area contributed by atoms with Gasteiger partial charge in [-0.25, -0.2) is 0 Å². The molecule has 48 heavy (non-hydrogen) atoms. The number of likely N-dealkylation sites (N-methyl/N-ethyl adjacent to an activating group) is 2. The zero-order valence-electron chi connectivity index (χ0n) is 26.9. The molecule has 0 aromatic heterocycles. The highest BCUT2D eigenvalue weighted by molar-refractivity contribution is 8.03. The summed E-state index contributed by atoms with van der Waals surface area (Å²) >= 11 is 3.78. The zero-order chi connectivity index (χ0) is 32.2. The second-order valence-corrected chi connectivity index (χ2v) is 14.9. The van der Waals surface area contributed by atoms with Gasteiger partial charge in [0.1, 0.15) is 0 Å². The van der Waals surface area contributed by atoms with Crippen molar-refractivity contribution < 1.29 is 0 Å². The van der Waals surface area contributed by atoms with Crippen LogP contribution >= 0.6 is 23.5 Å². The van der Waals surface area contributed by atoms with Crippen LogP contribution in [0.5, 0.6) is 0 Å². The van der Waals surface area contributed by atoms with Crippen molar-refractivity contribution in [3.63, 3.8) is 0 Å². The van der Waals surface area contributed by atoms with E-state index < -0.39 is 0 Å². The Bertz CT molecular complexity index is 2230. The lowest BCUT2D eigenvalue weighted by molar-refractivity contribution is 0.854. The largest absolute Gasteiger partial charge is 0.363 e. The van der Waals surface area contributed by atoms with Gasteiger partial charge in [0.2, 0.25) is 0 Å². The maximum atomic E-state index is 2.38. The first-order chi connectivity index (χ1) is 23.6. The van der Waals surface area contributed by atoms with E-state index >= 15 is 0 Å². The molecule has 0 spiro atoms. The highest BCUT2D eigenvalue weighted by atomic mass is 32.2. The van der Waals surface area contributed by atoms with E-state index in [1.807, 2.05) is 23.5 Å². The van der Waals surface area contributed by atoms with Gasteiger partial charge in [0, 0.05) is 33.7 Å². The number of benzene rings is 5. The average Bonchev–Trinajstić information content (AvgIpc) is 3.13. The Morgan fingerprint density at radius 1 is 0.479 bits per heavy atom. The molecular formula is C44H34N2S2. The molecule has 0 radical (unpaired) electrons. The van der Waals surface area contributed by atoms with Crippen LogP contribution in [0.3, 0.4) is 0 Å². The number of hydrogen-bond donors (Lipinski definition) is 0. The average molecular weight is 655 g/mol. The molecule has 2 aliphatic heterocycles. The van der Waals surface area contributed by atoms with Crippen molar-refractivity contribution in [3.8, 4) is 0 Å². The van der Waals surface area contributed by atoms with Crippen LogP contribution in [0.15, 0.2) is 176 Å². The third-order valence-corrected chi connectivity index (χ3v) is 12.1. The summed E-state index contributed by atoms with van der Waals surface area (Å²) < 4.78 is 0. The van der Waals surface area contributed by atoms with Crippen LogP contribution < -0.4 is 20.2 Å². The first-order valence-corrected chi connectivity index (χ1v) is 18.1. The summed E-state index contributed by atoms with van der Waals surface area (Å²) in [5, 5.41) is 7.58. The molecule has 0 N–H and O–H groups in total. The smallest absolute Gasteiger partial charge is 0.0789 e. The van der Waals surface area contributed by atoms with Crippen LogP contribution in [-0.4, -0.2) is 26.2 Å². The Hall–Kier alpha value is -4.90. The molecule has 4 aliphatic rings. The van der Waals surface area contributed by atoms with Crippen molar-refractivity contribution >= 4 is 68.6 Å². The molecule has 0 amide bonds. The number of rotatable bonds is 2. The van der Waals surface area contributed by atoms with Gasteiger partial charge in [-0.05, 0) is 79.5 Å². The molecule has 0 bridgehead atoms. The number of thioether (sulfide) groups is 2. The van der Waals surface area contributed by atoms with E-state index in [-0.39, 0.29) is 12.1 Å². The lowest BCUT2D eigenvalue weighted by Crippen LogP contribution is -2.34. The van der Waals surface area contributed by atoms with Gasteiger partial charge in [0.05, 0.1) is 23.5 Å². The van der Waals surface area contributed by atoms with E-state index in [1.165, 1.54) is 74.1 Å². The van der Waals surface area contributed by atoms with Crippen molar-refractivity contribution in [2.75, 3.05) is 23.9 Å². The number of anilines is 2. The molecule has 2 atom stereocenters. The van der Waals surface area contributed by atoms with Crippen LogP contribution in [-0.2, 0) is 0 Å². The van der Waals surface area contributed by atoms with Gasteiger partial charge in [-0.2, -0.15) is 0 Å². The molecule has 2 heterocycles. The number of allylic oxidation sites excluding steroid dienone is 8. The summed E-state index contributed by atoms with van der Waals surface area (Å²) in [6.07, 6.45) is 23.1. The topological polar surface area (TPSA) is 6.48 Å². The van der Waals surface area contributed by atoms with Crippen molar-refractivity contribution in [1.82, 2.24) is 0 Å². The second-order valence-electron chi connectivity index (χ2n) is 12.6. The van der Waals surface area contributed by atoms with Gasteiger partial charge in [-0.1, -0.05) is 145 Å². The Morgan fingerprint density at radius 2 is 0.854 bits per heavy atom. The minimum atomic E-state index is 0.279. The van der Waals surface area contributed by atoms with Gasteiger partial charge in [0.25, 0.3) is 0 Å². The molecule has 9 rings (SSSR count). The number of hydrogen-bond acceptors (Lipinski definition) is 4. The van der Waals surface area contributed by atoms with Gasteiger partial charge >= 0.3 is 0 Å². The van der Waals surface area contributed by atoms with E-state index in [9.17, 15) is 0 Å². The molecule has 0 fully saturated rings. The SMILES string of the molecule is CN1c2ccccc2SC2=CC(=CC=c3c4ccccc4c(=CC=C4C=CC5C(=C4)Sc4ccccc4N5C)c4ccccc34)C=CC21. The number of fused-ring (bicyclic) bond motifs is 6. The summed E-state index contributed by atoms with van der Waals surface area (Å²) in [5.41, 5.74) is 5.04. The fraction of sp³-hybridized carbons (Fsp3) is 0.0909. The summed E-state index contributed by atoms with van der Waals surface area (Å²) in [7, 11) is 4.39. The van der Waals surface area contributed by atoms with Crippen molar-refractivity contribution in [1.29, 1.82) is 0 Å². The Balaban J connectivity index is 1.13. The molecule has 5 aromatic carbocycles. The molecule has 4 heteroatoms. The molecule has 2 unspecified atom stereocenters. The first-order valence-electron chi connectivity index (χ1n) is 16.4. The highest BCUT2D eigenvalue weighted by Gasteiger charge is 2.29. The number of nitrogens with zero attached hydrogens (tertiary/aromatic N) is 2. The third-order valence-electron chi connectivity index (χ3n) is 9.82. The second kappa shape index (κ2) is 12.0. The molecular weight excluding hydrogens is 621 g/mol. The molecule has 2 aliphatic carbocycles. The van der Waals surface area contributed by atoms with Crippen LogP contribution in [0.25, 0.3) is 33.7 Å². The predicted octanol–water partition coefficient (Wildman–Crippen LogP) is 9.54. The monoisotopic (exact) mass is 654 g/mol. The third kappa shape index (κ3) is 4.99. The summed E-state index contributed by atoms with van der Waals surface area (Å²) in [6, 6.07) is 35.6. The van der Waals surface area contributed by atoms with Crippen LogP contribution in [0.2, 0.25) is 0 Å². The Kier molecular flexibility index (Phi) is 7.29. The normalized spacial score (nSPS) is 21.0. The molecule has 0 saturated heterocycles. The first kappa shape index (κ1) is 29.3. The fourth-order valence-electron chi connectivity index (χ4n) is 7.35. The Labute approximate surface area is 290 Å². The van der Waals surface area contributed by atoms with Crippen LogP contribution in [0, 0.1) is 0 Å². The van der Waals surface area contributed by atoms with Crippen molar-refractivity contribution in [3.05, 3.63) is 177 Å². The fourth-order valence-corrected chi connectivity index (χ4v) is 9.89. The summed E-state index contributed by atoms with van der Waals surface area (Å²) in [5.74, 6) is 0. The maximum absolute atomic E-state index is 2.38. The van der Waals surface area contributed by atoms with E-state index in [0.29, 0.717) is 0 Å². The van der Waals surface area contributed by atoms with E-state index in [2.05, 4.69) is 182 Å². The molecule has 0 saturated carbocycles. The van der Waals surface area contributed by atoms with E-state index in [0.717, 1.165) is 0 Å². The number of para-hydroxylation sites is 2. The summed E-state index contributed by atoms with van der Waals surface area (Å²) in [4.78, 5) is 10.1. The van der Waals surface area contributed by atoms with E-state index in [1.54, 1.807) is 0 Å². The standard InChI is InChI=1S/C44H34N2S2/c1-45-37-15-7-9-17-41(37)47-43-27-29(21-25-39(43)45)19-23-35-31-11-3-5-13-33(31)36(34-14-6-4-12-32(34)35)24-20-30-22-26-40-44(28-30)48-42-18-10-8-16-38(42)46(40)2/h3-28,39-40H,1-2H3. The zero-order valence-corrected chi connectivity index (χ0v) is 28.5. The van der Waals surface area contributed by atoms with Crippen molar-refractivity contribution in [2.24, 2.45) is 0 Å². The lowest BCUT2D eigenvalue weighted by atomic mass is 9.96. The van der Waals surface area contributed by atoms with Gasteiger partial charge in [-0.3, -0.25) is 0 Å². The lowest BCUT2D eigenvalue weighted by Gasteiger charge is -2.37. The maximum Gasteiger partial charge on any atom is 0.0789 e. The molecule has 232 valence electrons. The van der Waals surface area contributed by atoms with Gasteiger partial charge < -0.3 is 9.80 Å². The van der Waals surface area contributed by atoms with E-state index in [4.69, 9.17) is 0 Å². The van der Waals surface area contributed by atoms with Gasteiger partial charge in [0.15, 0.2) is 0 Å². The van der Waals surface area contributed by atoms with Crippen LogP contribution in [0.4, 0.5) is 11.4 Å². The molecule has 5 aromatic rings. The van der Waals surface area contributed by atoms with Crippen molar-refractivity contribution in [2.45, 2.75) is 21.9 Å². The summed E-state index contributed by atoms with van der Waals surface area (Å²) in [6.45, 7) is 0. The highest BCUT2D eigenvalue weighted by Crippen LogP contribution is 2.46. The minimum absolute atomic E-state index is 0.279. The minimum Gasteiger partial charge on any atom is -0.363 e. The Morgan fingerprint density at radius 3 is 1.27 bits per heavy atom. The van der Waals surface area contributed by atoms with Gasteiger partial charge in [-0.15, -0.1) is 0 Å². The molecule has 2 nitrogen and oxygen atoms in total. The predicted molar refractivity (Wildman–Crippen MR) is 209 cm³/mol. The quantitative estimate of drug-likeness (QED) is 0.175.